The number of rotatable bonds is 6. The molecular formula is C26H24N8O2. The van der Waals surface area contributed by atoms with E-state index in [4.69, 9.17) is 10.2 Å². The Morgan fingerprint density at radius 2 is 1.94 bits per heavy atom. The van der Waals surface area contributed by atoms with E-state index in [0.717, 1.165) is 24.4 Å². The molecule has 10 nitrogen and oxygen atoms in total. The van der Waals surface area contributed by atoms with Crippen molar-refractivity contribution < 1.29 is 9.59 Å². The van der Waals surface area contributed by atoms with Crippen molar-refractivity contribution in [1.29, 1.82) is 5.26 Å². The third kappa shape index (κ3) is 3.88. The first-order valence-electron chi connectivity index (χ1n) is 12.0. The number of nitrogens with one attached hydrogen (secondary N) is 2. The van der Waals surface area contributed by atoms with E-state index in [9.17, 15) is 9.59 Å². The number of H-pyrrole nitrogens is 1. The molecule has 0 bridgehead atoms. The Morgan fingerprint density at radius 1 is 1.17 bits per heavy atom. The molecule has 1 saturated heterocycles. The van der Waals surface area contributed by atoms with Gasteiger partial charge in [0.1, 0.15) is 28.8 Å². The van der Waals surface area contributed by atoms with Crippen molar-refractivity contribution in [1.82, 2.24) is 34.7 Å². The van der Waals surface area contributed by atoms with E-state index >= 15 is 0 Å². The summed E-state index contributed by atoms with van der Waals surface area (Å²) in [6.07, 6.45) is 6.89. The summed E-state index contributed by atoms with van der Waals surface area (Å²) >= 11 is 0. The minimum absolute atomic E-state index is 0.120. The van der Waals surface area contributed by atoms with Gasteiger partial charge < -0.3 is 19.8 Å². The van der Waals surface area contributed by atoms with Gasteiger partial charge in [0.25, 0.3) is 5.91 Å². The summed E-state index contributed by atoms with van der Waals surface area (Å²) in [5.41, 5.74) is 3.42. The summed E-state index contributed by atoms with van der Waals surface area (Å²) in [5, 5.41) is 11.9. The van der Waals surface area contributed by atoms with Crippen molar-refractivity contribution in [2.75, 3.05) is 13.1 Å². The Hall–Kier alpha value is -4.52. The summed E-state index contributed by atoms with van der Waals surface area (Å²) in [5.74, 6) is 0.313. The van der Waals surface area contributed by atoms with Gasteiger partial charge in [-0.2, -0.15) is 5.26 Å². The molecule has 1 aromatic carbocycles. The number of aromatic nitrogens is 5. The smallest absolute Gasteiger partial charge is 0.255 e. The summed E-state index contributed by atoms with van der Waals surface area (Å²) in [6, 6.07) is 11.5. The average Bonchev–Trinajstić information content (AvgIpc) is 3.50. The highest BCUT2D eigenvalue weighted by Gasteiger charge is 2.43. The SMILES string of the molecule is Cc1nc(-c2cnc3[nH]cc(C(=O)N[C@H](C(=O)N4CC(C#N)C4)C4CC4)c3n2)cn1-c1ccccc1. The van der Waals surface area contributed by atoms with Gasteiger partial charge in [-0.15, -0.1) is 0 Å². The fourth-order valence-electron chi connectivity index (χ4n) is 4.60. The molecule has 4 heterocycles. The summed E-state index contributed by atoms with van der Waals surface area (Å²) in [7, 11) is 0. The van der Waals surface area contributed by atoms with Crippen molar-refractivity contribution in [3.05, 3.63) is 60.3 Å². The fourth-order valence-corrected chi connectivity index (χ4v) is 4.60. The number of para-hydroxylation sites is 1. The number of hydrogen-bond donors (Lipinski definition) is 2. The Labute approximate surface area is 207 Å². The molecule has 2 fully saturated rings. The van der Waals surface area contributed by atoms with Gasteiger partial charge in [-0.25, -0.2) is 15.0 Å². The molecule has 36 heavy (non-hydrogen) atoms. The van der Waals surface area contributed by atoms with Gasteiger partial charge in [0.15, 0.2) is 5.65 Å². The first-order valence-corrected chi connectivity index (χ1v) is 12.0. The molecule has 2 aliphatic rings. The second-order valence-electron chi connectivity index (χ2n) is 9.39. The zero-order valence-corrected chi connectivity index (χ0v) is 19.7. The number of hydrogen-bond acceptors (Lipinski definition) is 6. The number of fused-ring (bicyclic) bond motifs is 1. The van der Waals surface area contributed by atoms with Crippen LogP contribution in [0.3, 0.4) is 0 Å². The van der Waals surface area contributed by atoms with Crippen LogP contribution < -0.4 is 5.32 Å². The quantitative estimate of drug-likeness (QED) is 0.436. The van der Waals surface area contributed by atoms with Gasteiger partial charge in [0.2, 0.25) is 5.91 Å². The number of imidazole rings is 1. The summed E-state index contributed by atoms with van der Waals surface area (Å²) in [4.78, 5) is 44.7. The molecule has 0 unspecified atom stereocenters. The van der Waals surface area contributed by atoms with Crippen molar-refractivity contribution in [2.45, 2.75) is 25.8 Å². The third-order valence-electron chi connectivity index (χ3n) is 6.83. The number of aromatic amines is 1. The highest BCUT2D eigenvalue weighted by atomic mass is 16.2. The molecular weight excluding hydrogens is 456 g/mol. The minimum atomic E-state index is -0.595. The van der Waals surface area contributed by atoms with Crippen molar-refractivity contribution in [2.24, 2.45) is 11.8 Å². The van der Waals surface area contributed by atoms with Gasteiger partial charge in [-0.05, 0) is 37.8 Å². The molecule has 1 saturated carbocycles. The van der Waals surface area contributed by atoms with E-state index < -0.39 is 6.04 Å². The van der Waals surface area contributed by atoms with Crippen LogP contribution in [0.2, 0.25) is 0 Å². The van der Waals surface area contributed by atoms with Crippen molar-refractivity contribution in [3.8, 4) is 23.1 Å². The van der Waals surface area contributed by atoms with Crippen LogP contribution in [-0.2, 0) is 4.79 Å². The Morgan fingerprint density at radius 3 is 2.67 bits per heavy atom. The number of benzene rings is 1. The number of nitrogens with zero attached hydrogens (tertiary/aromatic N) is 6. The number of aryl methyl sites for hydroxylation is 1. The van der Waals surface area contributed by atoms with E-state index in [0.29, 0.717) is 41.2 Å². The molecule has 6 rings (SSSR count). The van der Waals surface area contributed by atoms with E-state index in [1.54, 1.807) is 17.3 Å². The molecule has 2 N–H and O–H groups in total. The highest BCUT2D eigenvalue weighted by Crippen LogP contribution is 2.35. The van der Waals surface area contributed by atoms with E-state index in [1.807, 2.05) is 48.0 Å². The first kappa shape index (κ1) is 22.0. The largest absolute Gasteiger partial charge is 0.344 e. The molecule has 3 aromatic heterocycles. The van der Waals surface area contributed by atoms with Gasteiger partial charge >= 0.3 is 0 Å². The molecule has 2 amide bonds. The zero-order valence-electron chi connectivity index (χ0n) is 19.7. The van der Waals surface area contributed by atoms with Crippen LogP contribution in [0.5, 0.6) is 0 Å². The van der Waals surface area contributed by atoms with Gasteiger partial charge in [0.05, 0.1) is 23.7 Å². The van der Waals surface area contributed by atoms with Crippen LogP contribution in [0.4, 0.5) is 0 Å². The van der Waals surface area contributed by atoms with Crippen LogP contribution in [0, 0.1) is 30.1 Å². The zero-order chi connectivity index (χ0) is 24.8. The molecule has 10 heteroatoms. The molecule has 4 aromatic rings. The molecule has 0 radical (unpaired) electrons. The lowest BCUT2D eigenvalue weighted by Crippen LogP contribution is -2.57. The maximum atomic E-state index is 13.3. The predicted octanol–water partition coefficient (Wildman–Crippen LogP) is 2.61. The molecule has 1 atom stereocenters. The van der Waals surface area contributed by atoms with E-state index in [2.05, 4.69) is 26.3 Å². The van der Waals surface area contributed by atoms with E-state index in [1.165, 1.54) is 0 Å². The summed E-state index contributed by atoms with van der Waals surface area (Å²) < 4.78 is 1.98. The Kier molecular flexibility index (Phi) is 5.25. The van der Waals surface area contributed by atoms with Crippen LogP contribution in [0.25, 0.3) is 28.2 Å². The van der Waals surface area contributed by atoms with Crippen LogP contribution in [-0.4, -0.2) is 60.3 Å². The van der Waals surface area contributed by atoms with E-state index in [-0.39, 0.29) is 23.7 Å². The molecule has 180 valence electrons. The van der Waals surface area contributed by atoms with Crippen LogP contribution in [0.1, 0.15) is 29.0 Å². The molecule has 0 spiro atoms. The topological polar surface area (TPSA) is 133 Å². The molecule has 1 aliphatic heterocycles. The van der Waals surface area contributed by atoms with Crippen LogP contribution >= 0.6 is 0 Å². The monoisotopic (exact) mass is 480 g/mol. The fraction of sp³-hybridized carbons (Fsp3) is 0.308. The number of carbonyl (C=O) groups is 2. The van der Waals surface area contributed by atoms with Gasteiger partial charge in [0, 0.05) is 31.2 Å². The number of likely N-dealkylation sites (tertiary alicyclic amines) is 1. The Bertz CT molecular complexity index is 1510. The minimum Gasteiger partial charge on any atom is -0.344 e. The highest BCUT2D eigenvalue weighted by molar-refractivity contribution is 6.06. The third-order valence-corrected chi connectivity index (χ3v) is 6.83. The number of amides is 2. The second-order valence-corrected chi connectivity index (χ2v) is 9.39. The van der Waals surface area contributed by atoms with Gasteiger partial charge in [-0.1, -0.05) is 18.2 Å². The number of nitriles is 1. The second kappa shape index (κ2) is 8.61. The molecule has 1 aliphatic carbocycles. The Balaban J connectivity index is 1.26. The summed E-state index contributed by atoms with van der Waals surface area (Å²) in [6.45, 7) is 2.76. The normalized spacial score (nSPS) is 16.4. The lowest BCUT2D eigenvalue weighted by molar-refractivity contribution is -0.138. The first-order chi connectivity index (χ1) is 17.5. The van der Waals surface area contributed by atoms with Crippen molar-refractivity contribution >= 4 is 23.0 Å². The predicted molar refractivity (Wildman–Crippen MR) is 131 cm³/mol. The lowest BCUT2D eigenvalue weighted by atomic mass is 9.99. The van der Waals surface area contributed by atoms with Gasteiger partial charge in [-0.3, -0.25) is 9.59 Å². The maximum absolute atomic E-state index is 13.3. The standard InChI is InChI=1S/C26H24N8O2/c1-15-30-21(14-34(15)18-5-3-2-4-6-18)20-11-29-24-23(31-20)19(10-28-24)25(35)32-22(17-7-8-17)26(36)33-12-16(9-27)13-33/h2-6,10-11,14,16-17,22H,7-8,12-13H2,1H3,(H,28,29)(H,32,35)/t22-/m0/s1. The average molecular weight is 481 g/mol. The van der Waals surface area contributed by atoms with Crippen molar-refractivity contribution in [3.63, 3.8) is 0 Å². The number of carbonyl (C=O) groups excluding carboxylic acids is 2. The maximum Gasteiger partial charge on any atom is 0.255 e. The van der Waals surface area contributed by atoms with Crippen LogP contribution in [0.15, 0.2) is 48.9 Å². The lowest BCUT2D eigenvalue weighted by Gasteiger charge is -2.37.